The zero-order valence-electron chi connectivity index (χ0n) is 12.0. The number of rotatable bonds is 8. The summed E-state index contributed by atoms with van der Waals surface area (Å²) in [7, 11) is 0. The zero-order valence-corrected chi connectivity index (χ0v) is 12.0. The van der Waals surface area contributed by atoms with Crippen molar-refractivity contribution in [1.29, 1.82) is 0 Å². The summed E-state index contributed by atoms with van der Waals surface area (Å²) in [4.78, 5) is 12.2. The smallest absolute Gasteiger partial charge is 0.333 e. The summed E-state index contributed by atoms with van der Waals surface area (Å²) < 4.78 is 10.8. The second-order valence-electron chi connectivity index (χ2n) is 5.34. The number of benzene rings is 1. The van der Waals surface area contributed by atoms with E-state index < -0.39 is 11.5 Å². The topological polar surface area (TPSA) is 61.5 Å². The first-order valence-corrected chi connectivity index (χ1v) is 7.26. The molecule has 1 aliphatic carbocycles. The fourth-order valence-electron chi connectivity index (χ4n) is 2.15. The first-order valence-electron chi connectivity index (χ1n) is 7.26. The Morgan fingerprint density at radius 1 is 1.35 bits per heavy atom. The van der Waals surface area contributed by atoms with E-state index in [0.717, 1.165) is 17.9 Å². The Morgan fingerprint density at radius 2 is 2.05 bits per heavy atom. The number of ether oxygens (including phenoxy) is 2. The van der Waals surface area contributed by atoms with Gasteiger partial charge in [-0.05, 0) is 24.8 Å². The molecule has 0 bridgehead atoms. The molecule has 2 rings (SSSR count). The number of carbonyl (C=O) groups is 1. The van der Waals surface area contributed by atoms with Gasteiger partial charge in [0.2, 0.25) is 0 Å². The molecular weight excluding hydrogens is 254 g/mol. The summed E-state index contributed by atoms with van der Waals surface area (Å²) in [6, 6.07) is 9.28. The van der Waals surface area contributed by atoms with Crippen LogP contribution in [0.5, 0.6) is 0 Å². The van der Waals surface area contributed by atoms with Gasteiger partial charge in [0.15, 0.2) is 5.54 Å². The van der Waals surface area contributed by atoms with E-state index in [9.17, 15) is 4.79 Å². The SMILES string of the molecule is CCOC(=O)C(N)(COCCC1CC1)c1ccccc1. The third kappa shape index (κ3) is 3.81. The van der Waals surface area contributed by atoms with Gasteiger partial charge in [-0.2, -0.15) is 0 Å². The molecule has 1 aromatic carbocycles. The Kier molecular flexibility index (Phi) is 5.15. The molecular formula is C16H23NO3. The number of hydrogen-bond acceptors (Lipinski definition) is 4. The minimum absolute atomic E-state index is 0.155. The summed E-state index contributed by atoms with van der Waals surface area (Å²) in [5, 5.41) is 0. The molecule has 0 aromatic heterocycles. The number of nitrogens with two attached hydrogens (primary N) is 1. The zero-order chi connectivity index (χ0) is 14.4. The Bertz CT molecular complexity index is 431. The summed E-state index contributed by atoms with van der Waals surface area (Å²) in [6.45, 7) is 2.89. The third-order valence-electron chi connectivity index (χ3n) is 3.63. The quantitative estimate of drug-likeness (QED) is 0.584. The van der Waals surface area contributed by atoms with E-state index in [1.807, 2.05) is 30.3 Å². The van der Waals surface area contributed by atoms with E-state index in [0.29, 0.717) is 13.2 Å². The number of carbonyl (C=O) groups excluding carboxylic acids is 1. The molecule has 0 aliphatic heterocycles. The molecule has 1 unspecified atom stereocenters. The lowest BCUT2D eigenvalue weighted by molar-refractivity contribution is -0.152. The minimum Gasteiger partial charge on any atom is -0.464 e. The van der Waals surface area contributed by atoms with Crippen molar-refractivity contribution in [2.75, 3.05) is 19.8 Å². The van der Waals surface area contributed by atoms with Crippen LogP contribution in [0, 0.1) is 5.92 Å². The van der Waals surface area contributed by atoms with Crippen LogP contribution < -0.4 is 5.73 Å². The van der Waals surface area contributed by atoms with Gasteiger partial charge in [0.1, 0.15) is 0 Å². The average molecular weight is 277 g/mol. The highest BCUT2D eigenvalue weighted by atomic mass is 16.5. The van der Waals surface area contributed by atoms with E-state index in [-0.39, 0.29) is 6.61 Å². The van der Waals surface area contributed by atoms with Gasteiger partial charge in [0.25, 0.3) is 0 Å². The van der Waals surface area contributed by atoms with E-state index in [1.54, 1.807) is 6.92 Å². The van der Waals surface area contributed by atoms with Crippen LogP contribution in [0.1, 0.15) is 31.7 Å². The molecule has 2 N–H and O–H groups in total. The van der Waals surface area contributed by atoms with Gasteiger partial charge in [-0.25, -0.2) is 4.79 Å². The van der Waals surface area contributed by atoms with Gasteiger partial charge in [-0.1, -0.05) is 43.2 Å². The molecule has 4 heteroatoms. The summed E-state index contributed by atoms with van der Waals surface area (Å²) >= 11 is 0. The predicted molar refractivity (Wildman–Crippen MR) is 77.1 cm³/mol. The third-order valence-corrected chi connectivity index (χ3v) is 3.63. The van der Waals surface area contributed by atoms with Crippen molar-refractivity contribution in [3.05, 3.63) is 35.9 Å². The van der Waals surface area contributed by atoms with Crippen molar-refractivity contribution in [3.8, 4) is 0 Å². The largest absolute Gasteiger partial charge is 0.464 e. The van der Waals surface area contributed by atoms with E-state index >= 15 is 0 Å². The van der Waals surface area contributed by atoms with Gasteiger partial charge in [-0.3, -0.25) is 0 Å². The monoisotopic (exact) mass is 277 g/mol. The van der Waals surface area contributed by atoms with Crippen LogP contribution in [0.2, 0.25) is 0 Å². The molecule has 1 aliphatic rings. The van der Waals surface area contributed by atoms with Crippen LogP contribution in [-0.2, 0) is 19.8 Å². The lowest BCUT2D eigenvalue weighted by Gasteiger charge is -2.27. The molecule has 0 heterocycles. The fraction of sp³-hybridized carbons (Fsp3) is 0.562. The van der Waals surface area contributed by atoms with Crippen LogP contribution in [0.4, 0.5) is 0 Å². The lowest BCUT2D eigenvalue weighted by atomic mass is 9.92. The molecule has 110 valence electrons. The van der Waals surface area contributed by atoms with E-state index in [4.69, 9.17) is 15.2 Å². The van der Waals surface area contributed by atoms with E-state index in [1.165, 1.54) is 12.8 Å². The highest BCUT2D eigenvalue weighted by molar-refractivity contribution is 5.82. The molecule has 20 heavy (non-hydrogen) atoms. The molecule has 1 saturated carbocycles. The van der Waals surface area contributed by atoms with Crippen molar-refractivity contribution in [2.45, 2.75) is 31.7 Å². The van der Waals surface area contributed by atoms with Gasteiger partial charge in [0.05, 0.1) is 13.2 Å². The van der Waals surface area contributed by atoms with Crippen LogP contribution in [0.15, 0.2) is 30.3 Å². The summed E-state index contributed by atoms with van der Waals surface area (Å²) in [5.41, 5.74) is 5.79. The van der Waals surface area contributed by atoms with Crippen LogP contribution in [0.25, 0.3) is 0 Å². The molecule has 1 atom stereocenters. The highest BCUT2D eigenvalue weighted by Gasteiger charge is 2.38. The van der Waals surface area contributed by atoms with Crippen molar-refractivity contribution >= 4 is 5.97 Å². The molecule has 0 saturated heterocycles. The summed E-state index contributed by atoms with van der Waals surface area (Å²) in [5.74, 6) is 0.374. The Hall–Kier alpha value is -1.39. The Balaban J connectivity index is 2.00. The van der Waals surface area contributed by atoms with Crippen LogP contribution in [-0.4, -0.2) is 25.8 Å². The first kappa shape index (κ1) is 15.0. The van der Waals surface area contributed by atoms with Crippen molar-refractivity contribution in [2.24, 2.45) is 11.7 Å². The normalized spacial score (nSPS) is 17.5. The van der Waals surface area contributed by atoms with E-state index in [2.05, 4.69) is 0 Å². The Labute approximate surface area is 120 Å². The molecule has 0 spiro atoms. The number of esters is 1. The average Bonchev–Trinajstić information content (AvgIpc) is 3.29. The minimum atomic E-state index is -1.22. The van der Waals surface area contributed by atoms with Gasteiger partial charge in [-0.15, -0.1) is 0 Å². The lowest BCUT2D eigenvalue weighted by Crippen LogP contribution is -2.50. The van der Waals surface area contributed by atoms with Crippen molar-refractivity contribution < 1.29 is 14.3 Å². The summed E-state index contributed by atoms with van der Waals surface area (Å²) in [6.07, 6.45) is 3.65. The van der Waals surface area contributed by atoms with Gasteiger partial charge < -0.3 is 15.2 Å². The maximum atomic E-state index is 12.2. The van der Waals surface area contributed by atoms with Crippen molar-refractivity contribution in [3.63, 3.8) is 0 Å². The van der Waals surface area contributed by atoms with Gasteiger partial charge >= 0.3 is 5.97 Å². The predicted octanol–water partition coefficient (Wildman–Crippen LogP) is 2.22. The molecule has 1 fully saturated rings. The van der Waals surface area contributed by atoms with Crippen molar-refractivity contribution in [1.82, 2.24) is 0 Å². The standard InChI is InChI=1S/C16H23NO3/c1-2-20-15(18)16(17,14-6-4-3-5-7-14)12-19-11-10-13-8-9-13/h3-7,13H,2,8-12,17H2,1H3. The number of hydrogen-bond donors (Lipinski definition) is 1. The maximum Gasteiger partial charge on any atom is 0.333 e. The van der Waals surface area contributed by atoms with Crippen LogP contribution >= 0.6 is 0 Å². The second kappa shape index (κ2) is 6.86. The molecule has 1 aromatic rings. The molecule has 4 nitrogen and oxygen atoms in total. The fourth-order valence-corrected chi connectivity index (χ4v) is 2.15. The first-order chi connectivity index (χ1) is 9.66. The molecule has 0 amide bonds. The molecule has 0 radical (unpaired) electrons. The Morgan fingerprint density at radius 3 is 2.65 bits per heavy atom. The van der Waals surface area contributed by atoms with Crippen LogP contribution in [0.3, 0.4) is 0 Å². The second-order valence-corrected chi connectivity index (χ2v) is 5.34. The highest BCUT2D eigenvalue weighted by Crippen LogP contribution is 2.32. The van der Waals surface area contributed by atoms with Gasteiger partial charge in [0, 0.05) is 6.61 Å². The maximum absolute atomic E-state index is 12.2.